The number of nitrogens with zero attached hydrogens (tertiary/aromatic N) is 2. The van der Waals surface area contributed by atoms with Crippen molar-refractivity contribution >= 4 is 5.57 Å². The van der Waals surface area contributed by atoms with E-state index in [1.165, 1.54) is 42.9 Å². The molecule has 6 heteroatoms. The van der Waals surface area contributed by atoms with Gasteiger partial charge in [-0.1, -0.05) is 18.7 Å². The van der Waals surface area contributed by atoms with Gasteiger partial charge >= 0.3 is 0 Å². The Hall–Kier alpha value is -2.86. The zero-order chi connectivity index (χ0) is 18.0. The van der Waals surface area contributed by atoms with Crippen molar-refractivity contribution in [2.24, 2.45) is 0 Å². The lowest BCUT2D eigenvalue weighted by Gasteiger charge is -2.32. The van der Waals surface area contributed by atoms with Crippen molar-refractivity contribution < 1.29 is 18.3 Å². The van der Waals surface area contributed by atoms with Crippen molar-refractivity contribution in [3.05, 3.63) is 96.3 Å². The Morgan fingerprint density at radius 1 is 1.08 bits per heavy atom. The normalized spacial score (nSPS) is 13.4. The van der Waals surface area contributed by atoms with Crippen molar-refractivity contribution in [3.63, 3.8) is 0 Å². The molecule has 1 atom stereocenters. The number of hydrogen-bond donors (Lipinski definition) is 1. The summed E-state index contributed by atoms with van der Waals surface area (Å²) >= 11 is 0. The Kier molecular flexibility index (Phi) is 4.46. The predicted molar refractivity (Wildman–Crippen MR) is 87.9 cm³/mol. The molecule has 3 aromatic rings. The molecule has 0 radical (unpaired) electrons. The highest BCUT2D eigenvalue weighted by atomic mass is 19.1. The number of aromatic nitrogens is 2. The maximum absolute atomic E-state index is 14.4. The van der Waals surface area contributed by atoms with Gasteiger partial charge in [0, 0.05) is 24.0 Å². The van der Waals surface area contributed by atoms with Gasteiger partial charge in [-0.3, -0.25) is 0 Å². The summed E-state index contributed by atoms with van der Waals surface area (Å²) in [6, 6.07) is 8.27. The third kappa shape index (κ3) is 3.34. The lowest BCUT2D eigenvalue weighted by atomic mass is 9.82. The van der Waals surface area contributed by atoms with Crippen LogP contribution in [0.2, 0.25) is 0 Å². The molecule has 0 saturated heterocycles. The van der Waals surface area contributed by atoms with Crippen LogP contribution in [0.4, 0.5) is 13.2 Å². The first-order chi connectivity index (χ1) is 11.9. The summed E-state index contributed by atoms with van der Waals surface area (Å²) < 4.78 is 42.4. The van der Waals surface area contributed by atoms with E-state index in [1.807, 2.05) is 0 Å². The molecule has 0 fully saturated rings. The van der Waals surface area contributed by atoms with E-state index in [0.29, 0.717) is 11.6 Å². The SMILES string of the molecule is C=C(c1ccc(F)cc1)C(O)(Cn1ccnc1)c1ccc(F)cc1F. The second-order valence-corrected chi connectivity index (χ2v) is 5.70. The highest BCUT2D eigenvalue weighted by Gasteiger charge is 2.36. The van der Waals surface area contributed by atoms with Crippen molar-refractivity contribution in [1.82, 2.24) is 9.55 Å². The summed E-state index contributed by atoms with van der Waals surface area (Å²) in [5.41, 5.74) is -1.41. The standard InChI is InChI=1S/C19H15F3N2O/c1-13(14-2-4-15(20)5-3-14)19(25,11-24-9-8-23-12-24)17-7-6-16(21)10-18(17)22/h2-10,12,25H,1,11H2. The Morgan fingerprint density at radius 2 is 1.76 bits per heavy atom. The van der Waals surface area contributed by atoms with Gasteiger partial charge in [-0.2, -0.15) is 0 Å². The van der Waals surface area contributed by atoms with Crippen LogP contribution in [-0.4, -0.2) is 14.7 Å². The maximum Gasteiger partial charge on any atom is 0.135 e. The van der Waals surface area contributed by atoms with E-state index < -0.39 is 23.1 Å². The van der Waals surface area contributed by atoms with Gasteiger partial charge in [0.1, 0.15) is 23.1 Å². The number of hydrogen-bond acceptors (Lipinski definition) is 2. The van der Waals surface area contributed by atoms with Crippen molar-refractivity contribution in [2.75, 3.05) is 0 Å². The number of aliphatic hydroxyl groups is 1. The average Bonchev–Trinajstić information content (AvgIpc) is 3.07. The maximum atomic E-state index is 14.4. The summed E-state index contributed by atoms with van der Waals surface area (Å²) in [5, 5.41) is 11.3. The highest BCUT2D eigenvalue weighted by molar-refractivity contribution is 5.72. The number of imidazole rings is 1. The van der Waals surface area contributed by atoms with Crippen molar-refractivity contribution in [3.8, 4) is 0 Å². The lowest BCUT2D eigenvalue weighted by Crippen LogP contribution is -2.33. The molecule has 1 heterocycles. The minimum Gasteiger partial charge on any atom is -0.378 e. The first-order valence-corrected chi connectivity index (χ1v) is 7.49. The zero-order valence-electron chi connectivity index (χ0n) is 13.2. The first kappa shape index (κ1) is 17.0. The summed E-state index contributed by atoms with van der Waals surface area (Å²) in [4.78, 5) is 3.90. The monoisotopic (exact) mass is 344 g/mol. The van der Waals surface area contributed by atoms with E-state index in [2.05, 4.69) is 11.6 Å². The Balaban J connectivity index is 2.10. The van der Waals surface area contributed by atoms with Crippen LogP contribution in [0, 0.1) is 17.5 Å². The van der Waals surface area contributed by atoms with Gasteiger partial charge in [-0.25, -0.2) is 18.2 Å². The molecule has 0 aliphatic rings. The fourth-order valence-electron chi connectivity index (χ4n) is 2.70. The fraction of sp³-hybridized carbons (Fsp3) is 0.105. The first-order valence-electron chi connectivity index (χ1n) is 7.49. The number of rotatable bonds is 5. The van der Waals surface area contributed by atoms with Crippen molar-refractivity contribution in [1.29, 1.82) is 0 Å². The zero-order valence-corrected chi connectivity index (χ0v) is 13.2. The van der Waals surface area contributed by atoms with Gasteiger partial charge in [0.25, 0.3) is 0 Å². The summed E-state index contributed by atoms with van der Waals surface area (Å²) in [6.45, 7) is 3.79. The Bertz CT molecular complexity index is 892. The topological polar surface area (TPSA) is 38.0 Å². The summed E-state index contributed by atoms with van der Waals surface area (Å²) in [5.74, 6) is -2.09. The molecule has 3 rings (SSSR count). The van der Waals surface area contributed by atoms with Gasteiger partial charge in [0.2, 0.25) is 0 Å². The number of halogens is 3. The van der Waals surface area contributed by atoms with Crippen LogP contribution in [0.3, 0.4) is 0 Å². The Labute approximate surface area is 142 Å². The quantitative estimate of drug-likeness (QED) is 0.762. The van der Waals surface area contributed by atoms with E-state index >= 15 is 0 Å². The van der Waals surface area contributed by atoms with Crippen LogP contribution >= 0.6 is 0 Å². The van der Waals surface area contributed by atoms with Crippen LogP contribution in [-0.2, 0) is 12.1 Å². The van der Waals surface area contributed by atoms with E-state index in [9.17, 15) is 18.3 Å². The van der Waals surface area contributed by atoms with Gasteiger partial charge in [0.05, 0.1) is 12.9 Å². The van der Waals surface area contributed by atoms with E-state index in [0.717, 1.165) is 6.07 Å². The molecule has 3 nitrogen and oxygen atoms in total. The molecule has 1 unspecified atom stereocenters. The largest absolute Gasteiger partial charge is 0.378 e. The average molecular weight is 344 g/mol. The second-order valence-electron chi connectivity index (χ2n) is 5.70. The van der Waals surface area contributed by atoms with Crippen LogP contribution in [0.25, 0.3) is 5.57 Å². The van der Waals surface area contributed by atoms with Crippen LogP contribution in [0.5, 0.6) is 0 Å². The fourth-order valence-corrected chi connectivity index (χ4v) is 2.70. The lowest BCUT2D eigenvalue weighted by molar-refractivity contribution is 0.0767. The van der Waals surface area contributed by atoms with Gasteiger partial charge < -0.3 is 9.67 Å². The van der Waals surface area contributed by atoms with E-state index in [-0.39, 0.29) is 17.7 Å². The molecule has 0 amide bonds. The minimum absolute atomic E-state index is 0.0915. The third-order valence-corrected chi connectivity index (χ3v) is 4.04. The van der Waals surface area contributed by atoms with Crippen LogP contribution < -0.4 is 0 Å². The molecule has 0 bridgehead atoms. The van der Waals surface area contributed by atoms with Gasteiger partial charge in [0.15, 0.2) is 0 Å². The van der Waals surface area contributed by atoms with E-state index in [4.69, 9.17) is 0 Å². The second kappa shape index (κ2) is 6.57. The van der Waals surface area contributed by atoms with Crippen LogP contribution in [0.1, 0.15) is 11.1 Å². The number of benzene rings is 2. The smallest absolute Gasteiger partial charge is 0.135 e. The molecule has 25 heavy (non-hydrogen) atoms. The van der Waals surface area contributed by atoms with Crippen LogP contribution in [0.15, 0.2) is 67.8 Å². The van der Waals surface area contributed by atoms with Gasteiger partial charge in [-0.15, -0.1) is 0 Å². The summed E-state index contributed by atoms with van der Waals surface area (Å²) in [7, 11) is 0. The molecule has 2 aromatic carbocycles. The molecular formula is C19H15F3N2O. The van der Waals surface area contributed by atoms with Gasteiger partial charge in [-0.05, 0) is 35.4 Å². The molecule has 0 aliphatic heterocycles. The predicted octanol–water partition coefficient (Wildman–Crippen LogP) is 3.90. The molecule has 0 spiro atoms. The highest BCUT2D eigenvalue weighted by Crippen LogP contribution is 2.38. The molecule has 0 aliphatic carbocycles. The molecule has 1 aromatic heterocycles. The molecule has 128 valence electrons. The minimum atomic E-state index is -1.88. The summed E-state index contributed by atoms with van der Waals surface area (Å²) in [6.07, 6.45) is 4.58. The molecule has 1 N–H and O–H groups in total. The van der Waals surface area contributed by atoms with E-state index in [1.54, 1.807) is 10.8 Å². The molecule has 0 saturated carbocycles. The molecular weight excluding hydrogens is 329 g/mol. The van der Waals surface area contributed by atoms with Crippen molar-refractivity contribution in [2.45, 2.75) is 12.1 Å². The third-order valence-electron chi connectivity index (χ3n) is 4.04. The Morgan fingerprint density at radius 3 is 2.36 bits per heavy atom.